The zero-order chi connectivity index (χ0) is 18.7. The maximum absolute atomic E-state index is 10.2. The molecule has 0 aliphatic heterocycles. The van der Waals surface area contributed by atoms with Gasteiger partial charge >= 0.3 is 0 Å². The molecule has 128 valence electrons. The minimum absolute atomic E-state index is 0.0949. The third kappa shape index (κ3) is 4.06. The van der Waals surface area contributed by atoms with Crippen molar-refractivity contribution in [3.05, 3.63) is 44.4 Å². The van der Waals surface area contributed by atoms with Gasteiger partial charge in [-0.3, -0.25) is 0 Å². The number of hydrazone groups is 1. The molecular weight excluding hydrogens is 412 g/mol. The minimum atomic E-state index is -0.578. The number of nitriles is 1. The van der Waals surface area contributed by atoms with Gasteiger partial charge in [-0.15, -0.1) is 10.2 Å². The van der Waals surface area contributed by atoms with E-state index in [1.807, 2.05) is 0 Å². The van der Waals surface area contributed by atoms with E-state index in [2.05, 4.69) is 10.2 Å². The molecule has 11 heteroatoms. The Morgan fingerprint density at radius 2 is 1.40 bits per heavy atom. The van der Waals surface area contributed by atoms with Gasteiger partial charge in [-0.2, -0.15) is 5.26 Å². The zero-order valence-electron chi connectivity index (χ0n) is 12.0. The number of hydrogen-bond acceptors (Lipinski definition) is 6. The smallest absolute Gasteiger partial charge is 0.270 e. The van der Waals surface area contributed by atoms with Crippen molar-refractivity contribution >= 4 is 63.6 Å². The number of benzene rings is 2. The fraction of sp³-hybridized carbons (Fsp3) is 0. The highest BCUT2D eigenvalue weighted by atomic mass is 35.5. The lowest BCUT2D eigenvalue weighted by molar-refractivity contribution is 0.471. The standard InChI is InChI=1S/C14H7Cl4N5O2/c15-6-1-8(17)13(24)10(3-6)23(22-12(5-19)21-20)11-4-7(16)2-9(18)14(11)25/h1-4,20,24-25H. The second kappa shape index (κ2) is 7.76. The molecule has 0 saturated heterocycles. The first-order valence-corrected chi connectivity index (χ1v) is 7.82. The highest BCUT2D eigenvalue weighted by Gasteiger charge is 2.22. The first-order valence-electron chi connectivity index (χ1n) is 6.30. The van der Waals surface area contributed by atoms with Crippen molar-refractivity contribution in [1.29, 1.82) is 10.8 Å². The summed E-state index contributed by atoms with van der Waals surface area (Å²) in [5.41, 5.74) is 6.78. The number of halogens is 4. The van der Waals surface area contributed by atoms with Crippen LogP contribution in [0.15, 0.2) is 34.5 Å². The van der Waals surface area contributed by atoms with Gasteiger partial charge in [0.15, 0.2) is 11.5 Å². The number of anilines is 2. The van der Waals surface area contributed by atoms with Crippen molar-refractivity contribution in [2.75, 3.05) is 5.01 Å². The Morgan fingerprint density at radius 3 is 1.76 bits per heavy atom. The van der Waals surface area contributed by atoms with Crippen molar-refractivity contribution in [2.24, 2.45) is 10.2 Å². The van der Waals surface area contributed by atoms with Crippen LogP contribution in [-0.2, 0) is 0 Å². The normalized spacial score (nSPS) is 11.1. The lowest BCUT2D eigenvalue weighted by Crippen LogP contribution is -2.12. The van der Waals surface area contributed by atoms with Crippen LogP contribution in [0.3, 0.4) is 0 Å². The van der Waals surface area contributed by atoms with E-state index in [1.165, 1.54) is 24.3 Å². The Bertz CT molecular complexity index is 869. The van der Waals surface area contributed by atoms with Crippen molar-refractivity contribution in [3.8, 4) is 17.6 Å². The van der Waals surface area contributed by atoms with E-state index in [-0.39, 0.29) is 31.5 Å². The summed E-state index contributed by atoms with van der Waals surface area (Å²) in [7, 11) is 0. The van der Waals surface area contributed by atoms with Gasteiger partial charge in [-0.1, -0.05) is 46.4 Å². The molecule has 0 aliphatic rings. The number of phenolic OH excluding ortho intramolecular Hbond substituents is 2. The fourth-order valence-corrected chi connectivity index (χ4v) is 2.79. The Hall–Kier alpha value is -2.24. The van der Waals surface area contributed by atoms with Crippen molar-refractivity contribution in [2.45, 2.75) is 0 Å². The highest BCUT2D eigenvalue weighted by molar-refractivity contribution is 6.37. The van der Waals surface area contributed by atoms with Crippen LogP contribution in [-0.4, -0.2) is 16.0 Å². The van der Waals surface area contributed by atoms with E-state index < -0.39 is 17.3 Å². The van der Waals surface area contributed by atoms with E-state index in [0.717, 1.165) is 5.01 Å². The SMILES string of the molecule is N#CC(N=N)=NN(c1cc(Cl)cc(Cl)c1O)c1cc(Cl)cc(Cl)c1O. The van der Waals surface area contributed by atoms with E-state index >= 15 is 0 Å². The summed E-state index contributed by atoms with van der Waals surface area (Å²) >= 11 is 23.7. The van der Waals surface area contributed by atoms with Crippen LogP contribution in [0.4, 0.5) is 11.4 Å². The Labute approximate surface area is 161 Å². The molecule has 0 aliphatic carbocycles. The minimum Gasteiger partial charge on any atom is -0.504 e. The second-order valence-corrected chi connectivity index (χ2v) is 6.16. The number of nitrogens with one attached hydrogen (secondary N) is 1. The van der Waals surface area contributed by atoms with Crippen LogP contribution < -0.4 is 5.01 Å². The molecular formula is C14H7Cl4N5O2. The van der Waals surface area contributed by atoms with Crippen molar-refractivity contribution < 1.29 is 10.2 Å². The van der Waals surface area contributed by atoms with Gasteiger partial charge in [0.2, 0.25) is 0 Å². The average Bonchev–Trinajstić information content (AvgIpc) is 2.56. The summed E-state index contributed by atoms with van der Waals surface area (Å²) in [6.07, 6.45) is 0. The molecule has 25 heavy (non-hydrogen) atoms. The Balaban J connectivity index is 2.84. The zero-order valence-corrected chi connectivity index (χ0v) is 15.0. The molecule has 0 amide bonds. The molecule has 0 aromatic heterocycles. The number of hydrogen-bond donors (Lipinski definition) is 3. The molecule has 0 saturated carbocycles. The molecule has 2 rings (SSSR count). The third-order valence-electron chi connectivity index (χ3n) is 2.87. The van der Waals surface area contributed by atoms with Gasteiger partial charge in [-0.05, 0) is 24.3 Å². The number of nitrogens with zero attached hydrogens (tertiary/aromatic N) is 4. The molecule has 0 unspecified atom stereocenters. The second-order valence-electron chi connectivity index (χ2n) is 4.47. The molecule has 2 aromatic rings. The number of phenols is 2. The molecule has 2 aromatic carbocycles. The maximum atomic E-state index is 10.2. The van der Waals surface area contributed by atoms with Crippen LogP contribution in [0, 0.1) is 16.9 Å². The van der Waals surface area contributed by atoms with Gasteiger partial charge < -0.3 is 10.2 Å². The Morgan fingerprint density at radius 1 is 0.960 bits per heavy atom. The summed E-state index contributed by atoms with van der Waals surface area (Å²) in [6.45, 7) is 0. The van der Waals surface area contributed by atoms with Crippen LogP contribution in [0.5, 0.6) is 11.5 Å². The van der Waals surface area contributed by atoms with E-state index in [9.17, 15) is 10.2 Å². The van der Waals surface area contributed by atoms with Gasteiger partial charge in [-0.25, -0.2) is 10.5 Å². The highest BCUT2D eigenvalue weighted by Crippen LogP contribution is 2.46. The number of aromatic hydroxyl groups is 2. The molecule has 0 radical (unpaired) electrons. The van der Waals surface area contributed by atoms with Crippen LogP contribution in [0.1, 0.15) is 0 Å². The van der Waals surface area contributed by atoms with E-state index in [1.54, 1.807) is 6.07 Å². The quantitative estimate of drug-likeness (QED) is 0.256. The Kier molecular flexibility index (Phi) is 5.93. The third-order valence-corrected chi connectivity index (χ3v) is 3.89. The van der Waals surface area contributed by atoms with Gasteiger partial charge in [0.1, 0.15) is 17.4 Å². The number of rotatable bonds is 3. The van der Waals surface area contributed by atoms with Crippen LogP contribution >= 0.6 is 46.4 Å². The largest absolute Gasteiger partial charge is 0.504 e. The average molecular weight is 419 g/mol. The lowest BCUT2D eigenvalue weighted by atomic mass is 10.2. The topological polar surface area (TPSA) is 116 Å². The van der Waals surface area contributed by atoms with E-state index in [4.69, 9.17) is 57.2 Å². The molecule has 7 nitrogen and oxygen atoms in total. The summed E-state index contributed by atoms with van der Waals surface area (Å²) < 4.78 is 0. The molecule has 0 heterocycles. The molecule has 0 bridgehead atoms. The summed E-state index contributed by atoms with van der Waals surface area (Å²) in [5.74, 6) is -1.45. The van der Waals surface area contributed by atoms with Crippen LogP contribution in [0.25, 0.3) is 0 Å². The van der Waals surface area contributed by atoms with Crippen molar-refractivity contribution in [1.82, 2.24) is 0 Å². The first kappa shape index (κ1) is 19.1. The summed E-state index contributed by atoms with van der Waals surface area (Å²) in [6, 6.07) is 6.71. The summed E-state index contributed by atoms with van der Waals surface area (Å²) in [5, 5.41) is 37.2. The molecule has 3 N–H and O–H groups in total. The maximum Gasteiger partial charge on any atom is 0.270 e. The number of amidine groups is 1. The van der Waals surface area contributed by atoms with Gasteiger partial charge in [0, 0.05) is 10.0 Å². The predicted octanol–water partition coefficient (Wildman–Crippen LogP) is 5.72. The molecule has 0 fully saturated rings. The van der Waals surface area contributed by atoms with Crippen molar-refractivity contribution in [3.63, 3.8) is 0 Å². The van der Waals surface area contributed by atoms with Crippen LogP contribution in [0.2, 0.25) is 20.1 Å². The lowest BCUT2D eigenvalue weighted by Gasteiger charge is -2.22. The fourth-order valence-electron chi connectivity index (χ4n) is 1.83. The molecule has 0 spiro atoms. The monoisotopic (exact) mass is 417 g/mol. The summed E-state index contributed by atoms with van der Waals surface area (Å²) in [4.78, 5) is 0. The predicted molar refractivity (Wildman–Crippen MR) is 96.6 cm³/mol. The first-order chi connectivity index (χ1) is 11.8. The van der Waals surface area contributed by atoms with Gasteiger partial charge in [0.05, 0.1) is 10.0 Å². The van der Waals surface area contributed by atoms with Gasteiger partial charge in [0.25, 0.3) is 5.84 Å². The molecule has 0 atom stereocenters. The van der Waals surface area contributed by atoms with E-state index in [0.29, 0.717) is 0 Å².